The quantitative estimate of drug-likeness (QED) is 0.252. The van der Waals surface area contributed by atoms with Crippen LogP contribution in [0.3, 0.4) is 0 Å². The normalized spacial score (nSPS) is 38.3. The standard InChI is InChI=1S/C34H42O10/c1-17-19(18(2)35)11-12-20-21(17)22(40-26(38)33-15-13-31(9,24(36)43-33)29(33,5)6)23(28(3,4)42-20)41-27(39)34-16-14-32(10,25(37)44-34)30(34,7)8/h11-12,22-23H,13-16H2,1-10H3/t22-,23-,31+,32+,33-,34-/m1/s1. The smallest absolute Gasteiger partial charge is 0.351 e. The SMILES string of the molecule is CC(=O)c1ccc2c(c1C)[C@@H](OC(=O)[C@@]13CC[C@@](C)(C(=O)O1)C3(C)C)[C@@H](OC(=O)[C@@]13CC[C@@](C)(C(=O)O1)C3(C)C)C(C)(C)O2. The molecule has 0 spiro atoms. The highest BCUT2D eigenvalue weighted by atomic mass is 16.7. The van der Waals surface area contributed by atoms with Crippen LogP contribution in [-0.4, -0.2) is 52.6 Å². The lowest BCUT2D eigenvalue weighted by atomic mass is 9.66. The molecule has 4 fully saturated rings. The Kier molecular flexibility index (Phi) is 6.00. The number of hydrogen-bond donors (Lipinski definition) is 0. The molecule has 4 bridgehead atoms. The van der Waals surface area contributed by atoms with Gasteiger partial charge in [-0.05, 0) is 84.9 Å². The minimum Gasteiger partial charge on any atom is -0.483 e. The highest BCUT2D eigenvalue weighted by Crippen LogP contribution is 2.67. The molecule has 6 atom stereocenters. The molecule has 10 nitrogen and oxygen atoms in total. The van der Waals surface area contributed by atoms with Crippen molar-refractivity contribution in [1.29, 1.82) is 0 Å². The molecule has 2 saturated heterocycles. The first kappa shape index (κ1) is 30.6. The van der Waals surface area contributed by atoms with E-state index < -0.39 is 74.5 Å². The number of carbonyl (C=O) groups excluding carboxylic acids is 5. The lowest BCUT2D eigenvalue weighted by Gasteiger charge is -2.46. The summed E-state index contributed by atoms with van der Waals surface area (Å²) >= 11 is 0. The summed E-state index contributed by atoms with van der Waals surface area (Å²) in [7, 11) is 0. The predicted octanol–water partition coefficient (Wildman–Crippen LogP) is 5.11. The van der Waals surface area contributed by atoms with E-state index in [0.29, 0.717) is 35.3 Å². The van der Waals surface area contributed by atoms with E-state index in [1.54, 1.807) is 46.8 Å². The van der Waals surface area contributed by atoms with Crippen LogP contribution in [0.4, 0.5) is 0 Å². The molecule has 2 aliphatic carbocycles. The summed E-state index contributed by atoms with van der Waals surface area (Å²) in [4.78, 5) is 67.1. The van der Waals surface area contributed by atoms with Gasteiger partial charge in [0.25, 0.3) is 0 Å². The van der Waals surface area contributed by atoms with Crippen molar-refractivity contribution < 1.29 is 47.7 Å². The number of ether oxygens (including phenoxy) is 5. The molecular weight excluding hydrogens is 568 g/mol. The molecule has 0 aromatic heterocycles. The molecule has 1 aromatic rings. The van der Waals surface area contributed by atoms with Crippen molar-refractivity contribution in [1.82, 2.24) is 0 Å². The van der Waals surface area contributed by atoms with Crippen LogP contribution in [0.5, 0.6) is 5.75 Å². The monoisotopic (exact) mass is 610 g/mol. The van der Waals surface area contributed by atoms with Gasteiger partial charge >= 0.3 is 23.9 Å². The largest absolute Gasteiger partial charge is 0.483 e. The summed E-state index contributed by atoms with van der Waals surface area (Å²) in [6, 6.07) is 3.30. The molecule has 238 valence electrons. The third kappa shape index (κ3) is 3.29. The van der Waals surface area contributed by atoms with Crippen LogP contribution in [0.2, 0.25) is 0 Å². The van der Waals surface area contributed by atoms with E-state index in [1.165, 1.54) is 6.92 Å². The third-order valence-corrected chi connectivity index (χ3v) is 12.8. The Morgan fingerprint density at radius 1 is 0.727 bits per heavy atom. The Hall–Kier alpha value is -3.43. The van der Waals surface area contributed by atoms with Crippen molar-refractivity contribution in [3.8, 4) is 5.75 Å². The first-order valence-corrected chi connectivity index (χ1v) is 15.4. The van der Waals surface area contributed by atoms with Crippen molar-refractivity contribution in [2.24, 2.45) is 21.7 Å². The van der Waals surface area contributed by atoms with Crippen LogP contribution < -0.4 is 4.74 Å². The van der Waals surface area contributed by atoms with Gasteiger partial charge in [0.1, 0.15) is 11.4 Å². The van der Waals surface area contributed by atoms with Gasteiger partial charge in [-0.25, -0.2) is 9.59 Å². The Morgan fingerprint density at radius 3 is 1.61 bits per heavy atom. The van der Waals surface area contributed by atoms with Crippen molar-refractivity contribution >= 4 is 29.7 Å². The second-order valence-electron chi connectivity index (χ2n) is 15.4. The van der Waals surface area contributed by atoms with Crippen LogP contribution in [0.25, 0.3) is 0 Å². The highest BCUT2D eigenvalue weighted by molar-refractivity contribution is 5.97. The van der Waals surface area contributed by atoms with Gasteiger partial charge in [0, 0.05) is 22.0 Å². The highest BCUT2D eigenvalue weighted by Gasteiger charge is 2.78. The fraction of sp³-hybridized carbons (Fsp3) is 0.676. The summed E-state index contributed by atoms with van der Waals surface area (Å²) < 4.78 is 30.7. The minimum atomic E-state index is -1.54. The first-order valence-electron chi connectivity index (χ1n) is 15.4. The number of rotatable bonds is 5. The number of Topliss-reactive ketones (excluding diaryl/α,β-unsaturated/α-hetero) is 1. The average Bonchev–Trinajstić information content (AvgIpc) is 3.38. The molecule has 3 heterocycles. The molecule has 0 N–H and O–H groups in total. The Labute approximate surface area is 257 Å². The maximum atomic E-state index is 14.3. The molecule has 44 heavy (non-hydrogen) atoms. The molecule has 6 rings (SSSR count). The lowest BCUT2D eigenvalue weighted by molar-refractivity contribution is -0.217. The van der Waals surface area contributed by atoms with E-state index >= 15 is 0 Å². The average molecular weight is 611 g/mol. The van der Waals surface area contributed by atoms with Gasteiger partial charge in [-0.2, -0.15) is 0 Å². The Balaban J connectivity index is 1.45. The molecule has 2 saturated carbocycles. The van der Waals surface area contributed by atoms with Gasteiger partial charge in [-0.15, -0.1) is 0 Å². The molecule has 3 aliphatic heterocycles. The van der Waals surface area contributed by atoms with Gasteiger partial charge in [-0.3, -0.25) is 14.4 Å². The molecule has 10 heteroatoms. The van der Waals surface area contributed by atoms with Gasteiger partial charge in [0.2, 0.25) is 11.2 Å². The van der Waals surface area contributed by atoms with E-state index in [9.17, 15) is 24.0 Å². The molecule has 0 unspecified atom stereocenters. The number of benzene rings is 1. The minimum absolute atomic E-state index is 0.200. The Bertz CT molecular complexity index is 1550. The number of fused-ring (bicyclic) bond motifs is 5. The summed E-state index contributed by atoms with van der Waals surface area (Å²) in [6.45, 7) is 17.5. The zero-order valence-electron chi connectivity index (χ0n) is 27.2. The van der Waals surface area contributed by atoms with E-state index in [2.05, 4.69) is 0 Å². The predicted molar refractivity (Wildman–Crippen MR) is 154 cm³/mol. The third-order valence-electron chi connectivity index (χ3n) is 12.8. The van der Waals surface area contributed by atoms with Crippen LogP contribution in [0, 0.1) is 28.6 Å². The molecule has 1 aromatic carbocycles. The second kappa shape index (κ2) is 8.63. The number of hydrogen-bond acceptors (Lipinski definition) is 10. The van der Waals surface area contributed by atoms with Gasteiger partial charge in [0.15, 0.2) is 18.0 Å². The number of ketones is 1. The van der Waals surface area contributed by atoms with Gasteiger partial charge < -0.3 is 23.7 Å². The number of esters is 4. The number of carbonyl (C=O) groups is 5. The maximum absolute atomic E-state index is 14.3. The van der Waals surface area contributed by atoms with Crippen molar-refractivity contribution in [2.45, 2.75) is 124 Å². The van der Waals surface area contributed by atoms with Crippen molar-refractivity contribution in [2.75, 3.05) is 0 Å². The fourth-order valence-electron chi connectivity index (χ4n) is 8.54. The van der Waals surface area contributed by atoms with Crippen molar-refractivity contribution in [3.63, 3.8) is 0 Å². The van der Waals surface area contributed by atoms with Crippen LogP contribution in [0.1, 0.15) is 116 Å². The Morgan fingerprint density at radius 2 is 1.20 bits per heavy atom. The summed E-state index contributed by atoms with van der Waals surface area (Å²) in [5, 5.41) is 0. The summed E-state index contributed by atoms with van der Waals surface area (Å²) in [6.07, 6.45) is -0.961. The van der Waals surface area contributed by atoms with Gasteiger partial charge in [-0.1, -0.05) is 27.7 Å². The van der Waals surface area contributed by atoms with E-state index in [-0.39, 0.29) is 18.6 Å². The van der Waals surface area contributed by atoms with Crippen molar-refractivity contribution in [3.05, 3.63) is 28.8 Å². The topological polar surface area (TPSA) is 132 Å². The lowest BCUT2D eigenvalue weighted by Crippen LogP contribution is -2.58. The zero-order chi connectivity index (χ0) is 32.6. The van der Waals surface area contributed by atoms with E-state index in [1.807, 2.05) is 27.7 Å². The summed E-state index contributed by atoms with van der Waals surface area (Å²) in [5.74, 6) is -2.23. The first-order chi connectivity index (χ1) is 20.1. The molecular formula is C34H42O10. The fourth-order valence-corrected chi connectivity index (χ4v) is 8.54. The molecule has 0 amide bonds. The van der Waals surface area contributed by atoms with Crippen LogP contribution >= 0.6 is 0 Å². The van der Waals surface area contributed by atoms with E-state index in [4.69, 9.17) is 23.7 Å². The van der Waals surface area contributed by atoms with Gasteiger partial charge in [0.05, 0.1) is 10.8 Å². The second-order valence-corrected chi connectivity index (χ2v) is 15.4. The molecule has 5 aliphatic rings. The maximum Gasteiger partial charge on any atom is 0.351 e. The zero-order valence-corrected chi connectivity index (χ0v) is 27.2. The van der Waals surface area contributed by atoms with E-state index in [0.717, 1.165) is 0 Å². The summed E-state index contributed by atoms with van der Waals surface area (Å²) in [5.41, 5.74) is -6.48. The van der Waals surface area contributed by atoms with Crippen LogP contribution in [0.15, 0.2) is 12.1 Å². The van der Waals surface area contributed by atoms with Crippen LogP contribution in [-0.2, 0) is 38.1 Å². The molecule has 0 radical (unpaired) electrons.